The highest BCUT2D eigenvalue weighted by molar-refractivity contribution is 6.00. The average molecular weight is 253 g/mol. The first-order valence-electron chi connectivity index (χ1n) is 6.51. The number of Topliss-reactive ketones (excluding diaryl/α,β-unsaturated/α-hetero) is 1. The van der Waals surface area contributed by atoms with Crippen molar-refractivity contribution < 1.29 is 9.53 Å². The Morgan fingerprint density at radius 3 is 3.05 bits per heavy atom. The van der Waals surface area contributed by atoms with Gasteiger partial charge in [-0.25, -0.2) is 0 Å². The Balaban J connectivity index is 1.88. The highest BCUT2D eigenvalue weighted by Crippen LogP contribution is 2.29. The number of fused-ring (bicyclic) bond motifs is 1. The zero-order valence-electron chi connectivity index (χ0n) is 10.6. The molecule has 1 aromatic heterocycles. The van der Waals surface area contributed by atoms with Crippen LogP contribution >= 0.6 is 0 Å². The number of nitrogens with zero attached hydrogens (tertiary/aromatic N) is 1. The summed E-state index contributed by atoms with van der Waals surface area (Å²) in [7, 11) is 0. The molecular formula is C16H15NO2. The number of rotatable bonds is 3. The first kappa shape index (κ1) is 11.9. The Hall–Kier alpha value is -2.16. The normalized spacial score (nSPS) is 13.5. The van der Waals surface area contributed by atoms with E-state index in [1.54, 1.807) is 12.4 Å². The zero-order chi connectivity index (χ0) is 13.1. The molecule has 0 fully saturated rings. The van der Waals surface area contributed by atoms with Crippen molar-refractivity contribution in [2.24, 2.45) is 0 Å². The van der Waals surface area contributed by atoms with Crippen molar-refractivity contribution in [1.82, 2.24) is 4.98 Å². The van der Waals surface area contributed by atoms with E-state index < -0.39 is 0 Å². The third-order valence-electron chi connectivity index (χ3n) is 3.32. The van der Waals surface area contributed by atoms with Gasteiger partial charge >= 0.3 is 0 Å². The van der Waals surface area contributed by atoms with Crippen molar-refractivity contribution in [1.29, 1.82) is 0 Å². The molecule has 3 heteroatoms. The highest BCUT2D eigenvalue weighted by atomic mass is 16.5. The van der Waals surface area contributed by atoms with Crippen molar-refractivity contribution in [3.63, 3.8) is 0 Å². The van der Waals surface area contributed by atoms with Crippen molar-refractivity contribution >= 4 is 5.78 Å². The zero-order valence-corrected chi connectivity index (χ0v) is 10.6. The van der Waals surface area contributed by atoms with Gasteiger partial charge in [0.15, 0.2) is 5.78 Å². The molecule has 0 aliphatic carbocycles. The first-order chi connectivity index (χ1) is 9.34. The fourth-order valence-corrected chi connectivity index (χ4v) is 2.39. The Bertz CT molecular complexity index is 593. The lowest BCUT2D eigenvalue weighted by Gasteiger charge is -2.19. The number of carbonyl (C=O) groups excluding carboxylic acids is 1. The van der Waals surface area contributed by atoms with Gasteiger partial charge in [0.2, 0.25) is 0 Å². The van der Waals surface area contributed by atoms with E-state index in [9.17, 15) is 4.79 Å². The van der Waals surface area contributed by atoms with E-state index in [4.69, 9.17) is 4.74 Å². The van der Waals surface area contributed by atoms with Crippen LogP contribution in [0.3, 0.4) is 0 Å². The summed E-state index contributed by atoms with van der Waals surface area (Å²) in [6.07, 6.45) is 5.82. The third-order valence-corrected chi connectivity index (χ3v) is 3.32. The number of carbonyl (C=O) groups is 1. The SMILES string of the molecule is O=C(Cc1cccnc1)c1cccc2c1OCCC2. The Morgan fingerprint density at radius 1 is 1.26 bits per heavy atom. The third kappa shape index (κ3) is 2.50. The fraction of sp³-hybridized carbons (Fsp3) is 0.250. The Labute approximate surface area is 112 Å². The van der Waals surface area contributed by atoms with Crippen LogP contribution in [0, 0.1) is 0 Å². The number of pyridine rings is 1. The van der Waals surface area contributed by atoms with Crippen LogP contribution in [0.1, 0.15) is 27.9 Å². The van der Waals surface area contributed by atoms with E-state index in [2.05, 4.69) is 4.98 Å². The maximum atomic E-state index is 12.4. The molecule has 0 spiro atoms. The predicted molar refractivity (Wildman–Crippen MR) is 72.5 cm³/mol. The second kappa shape index (κ2) is 5.22. The number of ether oxygens (including phenoxy) is 1. The number of aromatic nitrogens is 1. The topological polar surface area (TPSA) is 39.2 Å². The van der Waals surface area contributed by atoms with Crippen LogP contribution in [0.25, 0.3) is 0 Å². The van der Waals surface area contributed by atoms with Gasteiger partial charge in [0.25, 0.3) is 0 Å². The van der Waals surface area contributed by atoms with Crippen LogP contribution in [0.4, 0.5) is 0 Å². The van der Waals surface area contributed by atoms with Crippen molar-refractivity contribution in [2.75, 3.05) is 6.61 Å². The summed E-state index contributed by atoms with van der Waals surface area (Å²) in [4.78, 5) is 16.4. The van der Waals surface area contributed by atoms with Crippen molar-refractivity contribution in [3.05, 3.63) is 59.4 Å². The number of hydrogen-bond donors (Lipinski definition) is 0. The molecule has 2 heterocycles. The fourth-order valence-electron chi connectivity index (χ4n) is 2.39. The highest BCUT2D eigenvalue weighted by Gasteiger charge is 2.19. The minimum absolute atomic E-state index is 0.0896. The van der Waals surface area contributed by atoms with Gasteiger partial charge in [-0.1, -0.05) is 18.2 Å². The molecule has 0 N–H and O–H groups in total. The van der Waals surface area contributed by atoms with E-state index in [-0.39, 0.29) is 5.78 Å². The standard InChI is InChI=1S/C16H15NO2/c18-15(10-12-4-2-8-17-11-12)14-7-1-5-13-6-3-9-19-16(13)14/h1-2,4-5,7-8,11H,3,6,9-10H2. The molecular weight excluding hydrogens is 238 g/mol. The Kier molecular flexibility index (Phi) is 3.27. The molecule has 0 bridgehead atoms. The second-order valence-electron chi connectivity index (χ2n) is 4.71. The number of para-hydroxylation sites is 1. The lowest BCUT2D eigenvalue weighted by molar-refractivity contribution is 0.0988. The van der Waals surface area contributed by atoms with Gasteiger partial charge in [-0.05, 0) is 36.1 Å². The molecule has 2 aromatic rings. The lowest BCUT2D eigenvalue weighted by Crippen LogP contribution is -2.14. The molecule has 0 unspecified atom stereocenters. The lowest BCUT2D eigenvalue weighted by atomic mass is 9.97. The smallest absolute Gasteiger partial charge is 0.171 e. The maximum absolute atomic E-state index is 12.4. The number of ketones is 1. The Morgan fingerprint density at radius 2 is 2.21 bits per heavy atom. The minimum atomic E-state index is 0.0896. The van der Waals surface area contributed by atoms with E-state index in [1.165, 1.54) is 0 Å². The van der Waals surface area contributed by atoms with Crippen LogP contribution in [-0.2, 0) is 12.8 Å². The van der Waals surface area contributed by atoms with Gasteiger partial charge in [-0.2, -0.15) is 0 Å². The summed E-state index contributed by atoms with van der Waals surface area (Å²) in [6.45, 7) is 0.699. The van der Waals surface area contributed by atoms with E-state index in [0.29, 0.717) is 18.6 Å². The summed E-state index contributed by atoms with van der Waals surface area (Å²) in [5.74, 6) is 0.870. The van der Waals surface area contributed by atoms with Gasteiger partial charge in [-0.3, -0.25) is 9.78 Å². The number of aryl methyl sites for hydroxylation is 1. The van der Waals surface area contributed by atoms with E-state index in [1.807, 2.05) is 30.3 Å². The van der Waals surface area contributed by atoms with Crippen molar-refractivity contribution in [3.8, 4) is 5.75 Å². The number of benzene rings is 1. The molecule has 0 atom stereocenters. The molecule has 0 radical (unpaired) electrons. The monoisotopic (exact) mass is 253 g/mol. The second-order valence-corrected chi connectivity index (χ2v) is 4.71. The van der Waals surface area contributed by atoms with Crippen LogP contribution in [0.2, 0.25) is 0 Å². The molecule has 96 valence electrons. The van der Waals surface area contributed by atoms with Crippen LogP contribution in [0.15, 0.2) is 42.7 Å². The van der Waals surface area contributed by atoms with Gasteiger partial charge in [0.1, 0.15) is 5.75 Å². The number of hydrogen-bond acceptors (Lipinski definition) is 3. The van der Waals surface area contributed by atoms with Gasteiger partial charge in [0, 0.05) is 18.8 Å². The summed E-state index contributed by atoms with van der Waals surface area (Å²) in [6, 6.07) is 9.59. The summed E-state index contributed by atoms with van der Waals surface area (Å²) in [5.41, 5.74) is 2.77. The molecule has 0 amide bonds. The van der Waals surface area contributed by atoms with Gasteiger partial charge in [0.05, 0.1) is 12.2 Å². The van der Waals surface area contributed by atoms with Gasteiger partial charge in [-0.15, -0.1) is 0 Å². The van der Waals surface area contributed by atoms with E-state index >= 15 is 0 Å². The molecule has 1 aliphatic rings. The van der Waals surface area contributed by atoms with Crippen LogP contribution in [0.5, 0.6) is 5.75 Å². The molecule has 3 rings (SSSR count). The van der Waals surface area contributed by atoms with E-state index in [0.717, 1.165) is 29.7 Å². The molecule has 0 saturated carbocycles. The van der Waals surface area contributed by atoms with Crippen LogP contribution < -0.4 is 4.74 Å². The molecule has 0 saturated heterocycles. The largest absolute Gasteiger partial charge is 0.493 e. The summed E-state index contributed by atoms with van der Waals surface area (Å²) in [5, 5.41) is 0. The predicted octanol–water partition coefficient (Wildman–Crippen LogP) is 2.83. The minimum Gasteiger partial charge on any atom is -0.493 e. The summed E-state index contributed by atoms with van der Waals surface area (Å²) >= 11 is 0. The average Bonchev–Trinajstić information content (AvgIpc) is 2.47. The van der Waals surface area contributed by atoms with Crippen molar-refractivity contribution in [2.45, 2.75) is 19.3 Å². The van der Waals surface area contributed by atoms with Crippen LogP contribution in [-0.4, -0.2) is 17.4 Å². The van der Waals surface area contributed by atoms with Gasteiger partial charge < -0.3 is 4.74 Å². The molecule has 1 aliphatic heterocycles. The quantitative estimate of drug-likeness (QED) is 0.790. The molecule has 19 heavy (non-hydrogen) atoms. The molecule has 1 aromatic carbocycles. The maximum Gasteiger partial charge on any atom is 0.171 e. The summed E-state index contributed by atoms with van der Waals surface area (Å²) < 4.78 is 5.68. The first-order valence-corrected chi connectivity index (χ1v) is 6.51. The molecule has 3 nitrogen and oxygen atoms in total.